The van der Waals surface area contributed by atoms with Crippen molar-refractivity contribution < 1.29 is 31.6 Å². The molecule has 1 aliphatic rings. The molecule has 1 aliphatic carbocycles. The summed E-state index contributed by atoms with van der Waals surface area (Å²) >= 11 is 0. The first-order chi connectivity index (χ1) is 8.43. The van der Waals surface area contributed by atoms with E-state index in [4.69, 9.17) is 4.74 Å². The summed E-state index contributed by atoms with van der Waals surface area (Å²) in [4.78, 5) is 0. The van der Waals surface area contributed by atoms with Gasteiger partial charge in [-0.15, -0.1) is 31.2 Å². The Labute approximate surface area is 155 Å². The zero-order valence-electron chi connectivity index (χ0n) is 12.8. The maximum atomic E-state index is 9.41. The number of aromatic hydroxyl groups is 1. The molecule has 0 unspecified atom stereocenters. The third-order valence-electron chi connectivity index (χ3n) is 2.58. The molecule has 0 radical (unpaired) electrons. The van der Waals surface area contributed by atoms with Gasteiger partial charge in [0, 0.05) is 27.8 Å². The van der Waals surface area contributed by atoms with E-state index in [1.807, 2.05) is 18.2 Å². The molecule has 0 aromatic heterocycles. The predicted octanol–water partition coefficient (Wildman–Crippen LogP) is 4.85. The summed E-state index contributed by atoms with van der Waals surface area (Å²) in [5.41, 5.74) is 1.11. The van der Waals surface area contributed by atoms with E-state index in [9.17, 15) is 5.11 Å². The third kappa shape index (κ3) is 10.0. The van der Waals surface area contributed by atoms with Crippen molar-refractivity contribution in [2.24, 2.45) is 0 Å². The summed E-state index contributed by atoms with van der Waals surface area (Å²) in [5.74, 6) is 0.953. The van der Waals surface area contributed by atoms with Gasteiger partial charge in [-0.1, -0.05) is 20.8 Å². The fraction of sp³-hybridized carbons (Fsp3) is 0.375. The molecule has 0 saturated heterocycles. The first kappa shape index (κ1) is 25.5. The van der Waals surface area contributed by atoms with E-state index in [1.54, 1.807) is 19.2 Å². The van der Waals surface area contributed by atoms with Crippen LogP contribution in [0.25, 0.3) is 0 Å². The second-order valence-electron chi connectivity index (χ2n) is 5.17. The minimum absolute atomic E-state index is 0. The van der Waals surface area contributed by atoms with Gasteiger partial charge in [0.1, 0.15) is 11.5 Å². The Kier molecular flexibility index (Phi) is 14.8. The molecule has 5 heteroatoms. The van der Waals surface area contributed by atoms with Crippen LogP contribution in [0.1, 0.15) is 32.8 Å². The van der Waals surface area contributed by atoms with Crippen molar-refractivity contribution in [3.05, 3.63) is 48.1 Å². The fourth-order valence-electron chi connectivity index (χ4n) is 1.47. The number of hydrogen-bond acceptors (Lipinski definition) is 2. The Morgan fingerprint density at radius 1 is 1.14 bits per heavy atom. The average molecular weight is 366 g/mol. The zero-order valence-corrected chi connectivity index (χ0v) is 16.0. The van der Waals surface area contributed by atoms with Crippen LogP contribution < -0.4 is 4.74 Å². The Morgan fingerprint density at radius 2 is 1.76 bits per heavy atom. The molecule has 0 aliphatic heterocycles. The molecular formula is C16H23Cl2O2Ti-. The van der Waals surface area contributed by atoms with Gasteiger partial charge in [0.15, 0.2) is 0 Å². The number of phenols is 1. The molecule has 2 rings (SSSR count). The van der Waals surface area contributed by atoms with Crippen LogP contribution in [0, 0.1) is 6.08 Å². The quantitative estimate of drug-likeness (QED) is 0.569. The smallest absolute Gasteiger partial charge is 0.122 e. The van der Waals surface area contributed by atoms with E-state index in [-0.39, 0.29) is 57.7 Å². The standard InChI is InChI=1S/C11H16O2.C5H5.2ClH.Ti/c1-11(2,3)8-5-9(12)7-10(6-8)13-4;1-2-4-5-3-1;;;/h5-7,12H,1-4H3;1-3H,4H2;2*1H;/q;-1;;;. The molecule has 0 saturated carbocycles. The van der Waals surface area contributed by atoms with Crippen LogP contribution in [0.5, 0.6) is 11.5 Å². The summed E-state index contributed by atoms with van der Waals surface area (Å²) in [7, 11) is 1.60. The van der Waals surface area contributed by atoms with Crippen molar-refractivity contribution in [2.75, 3.05) is 7.11 Å². The molecule has 1 aromatic rings. The number of hydrogen-bond donors (Lipinski definition) is 1. The zero-order chi connectivity index (χ0) is 13.6. The van der Waals surface area contributed by atoms with Crippen molar-refractivity contribution in [3.8, 4) is 11.5 Å². The summed E-state index contributed by atoms with van der Waals surface area (Å²) in [6, 6.07) is 5.32. The van der Waals surface area contributed by atoms with Gasteiger partial charge in [-0.05, 0) is 23.1 Å². The average Bonchev–Trinajstić information content (AvgIpc) is 2.85. The van der Waals surface area contributed by atoms with E-state index in [0.29, 0.717) is 5.75 Å². The van der Waals surface area contributed by atoms with Crippen LogP contribution in [0.15, 0.2) is 36.4 Å². The number of rotatable bonds is 1. The van der Waals surface area contributed by atoms with Crippen LogP contribution in [-0.4, -0.2) is 12.2 Å². The van der Waals surface area contributed by atoms with Crippen LogP contribution in [0.4, 0.5) is 0 Å². The third-order valence-corrected chi connectivity index (χ3v) is 2.58. The second-order valence-corrected chi connectivity index (χ2v) is 5.17. The number of methoxy groups -OCH3 is 1. The fourth-order valence-corrected chi connectivity index (χ4v) is 1.47. The van der Waals surface area contributed by atoms with Crippen molar-refractivity contribution in [2.45, 2.75) is 32.6 Å². The summed E-state index contributed by atoms with van der Waals surface area (Å²) in [6.45, 7) is 6.30. The summed E-state index contributed by atoms with van der Waals surface area (Å²) in [5, 5.41) is 9.41. The maximum absolute atomic E-state index is 9.41. The maximum Gasteiger partial charge on any atom is 0.122 e. The molecule has 0 fully saturated rings. The van der Waals surface area contributed by atoms with Gasteiger partial charge in [-0.2, -0.15) is 6.08 Å². The number of halogens is 2. The van der Waals surface area contributed by atoms with E-state index >= 15 is 0 Å². The van der Waals surface area contributed by atoms with Gasteiger partial charge in [0.2, 0.25) is 0 Å². The van der Waals surface area contributed by atoms with Crippen LogP contribution in [0.3, 0.4) is 0 Å². The second kappa shape index (κ2) is 12.2. The van der Waals surface area contributed by atoms with Gasteiger partial charge in [0.25, 0.3) is 0 Å². The number of allylic oxidation sites excluding steroid dienone is 4. The predicted molar refractivity (Wildman–Crippen MR) is 89.4 cm³/mol. The largest absolute Gasteiger partial charge is 0.508 e. The van der Waals surface area contributed by atoms with Crippen molar-refractivity contribution in [1.82, 2.24) is 0 Å². The molecule has 1 aromatic carbocycles. The molecule has 0 bridgehead atoms. The first-order valence-corrected chi connectivity index (χ1v) is 6.04. The molecule has 0 amide bonds. The summed E-state index contributed by atoms with van der Waals surface area (Å²) in [6.07, 6.45) is 10.0. The number of phenolic OH excluding ortho intramolecular Hbond substituents is 1. The Morgan fingerprint density at radius 3 is 2.10 bits per heavy atom. The van der Waals surface area contributed by atoms with E-state index in [0.717, 1.165) is 12.0 Å². The van der Waals surface area contributed by atoms with Crippen LogP contribution in [0.2, 0.25) is 0 Å². The Hall–Kier alpha value is -0.406. The van der Waals surface area contributed by atoms with Crippen LogP contribution >= 0.6 is 24.8 Å². The number of ether oxygens (including phenoxy) is 1. The monoisotopic (exact) mass is 365 g/mol. The molecular weight excluding hydrogens is 343 g/mol. The first-order valence-electron chi connectivity index (χ1n) is 6.04. The van der Waals surface area contributed by atoms with E-state index in [1.165, 1.54) is 0 Å². The van der Waals surface area contributed by atoms with Gasteiger partial charge in [-0.3, -0.25) is 6.08 Å². The molecule has 118 valence electrons. The molecule has 21 heavy (non-hydrogen) atoms. The van der Waals surface area contributed by atoms with Crippen molar-refractivity contribution in [3.63, 3.8) is 0 Å². The molecule has 0 spiro atoms. The minimum atomic E-state index is 0. The van der Waals surface area contributed by atoms with Gasteiger partial charge < -0.3 is 9.84 Å². The van der Waals surface area contributed by atoms with Gasteiger partial charge >= 0.3 is 0 Å². The van der Waals surface area contributed by atoms with E-state index in [2.05, 4.69) is 32.9 Å². The van der Waals surface area contributed by atoms with E-state index < -0.39 is 0 Å². The molecule has 0 atom stereocenters. The van der Waals surface area contributed by atoms with Gasteiger partial charge in [-0.25, -0.2) is 12.2 Å². The molecule has 2 nitrogen and oxygen atoms in total. The minimum Gasteiger partial charge on any atom is -0.508 e. The number of benzene rings is 1. The Balaban J connectivity index is -0.000000349. The van der Waals surface area contributed by atoms with Crippen LogP contribution in [-0.2, 0) is 27.1 Å². The van der Waals surface area contributed by atoms with Crippen molar-refractivity contribution >= 4 is 24.8 Å². The normalized spacial score (nSPS) is 11.2. The Bertz CT molecular complexity index is 442. The molecule has 0 heterocycles. The molecule has 1 N–H and O–H groups in total. The summed E-state index contributed by atoms with van der Waals surface area (Å²) < 4.78 is 5.07. The topological polar surface area (TPSA) is 29.5 Å². The van der Waals surface area contributed by atoms with Gasteiger partial charge in [0.05, 0.1) is 7.11 Å². The van der Waals surface area contributed by atoms with Crippen molar-refractivity contribution in [1.29, 1.82) is 0 Å². The SMILES string of the molecule is COc1cc(O)cc(C(C)(C)C)c1.Cl.Cl.[C-]1=CC=CC1.[Ti].